The highest BCUT2D eigenvalue weighted by Gasteiger charge is 2.15. The largest absolute Gasteiger partial charge is 0.497 e. The molecule has 10 nitrogen and oxygen atoms in total. The summed E-state index contributed by atoms with van der Waals surface area (Å²) in [6.07, 6.45) is 4.67. The molecule has 30 heavy (non-hydrogen) atoms. The van der Waals surface area contributed by atoms with Crippen molar-refractivity contribution in [3.8, 4) is 5.75 Å². The summed E-state index contributed by atoms with van der Waals surface area (Å²) in [7, 11) is 3.14. The Bertz CT molecular complexity index is 1010. The van der Waals surface area contributed by atoms with Gasteiger partial charge in [-0.15, -0.1) is 0 Å². The molecule has 2 heterocycles. The quantitative estimate of drug-likeness (QED) is 0.405. The molecule has 3 rings (SSSR count). The Hall–Kier alpha value is -3.37. The van der Waals surface area contributed by atoms with Gasteiger partial charge in [-0.2, -0.15) is 10.1 Å². The molecule has 158 valence electrons. The highest BCUT2D eigenvalue weighted by molar-refractivity contribution is 6.32. The van der Waals surface area contributed by atoms with Gasteiger partial charge in [0.25, 0.3) is 0 Å². The van der Waals surface area contributed by atoms with Gasteiger partial charge in [0.2, 0.25) is 11.9 Å². The Kier molecular flexibility index (Phi) is 7.04. The van der Waals surface area contributed by atoms with E-state index in [1.807, 2.05) is 24.3 Å². The van der Waals surface area contributed by atoms with Gasteiger partial charge in [0.15, 0.2) is 5.82 Å². The average Bonchev–Trinajstić information content (AvgIpc) is 3.20. The number of likely N-dealkylation sites (N-methyl/N-ethyl adjacent to an activating group) is 1. The molecule has 2 aromatic heterocycles. The van der Waals surface area contributed by atoms with Gasteiger partial charge in [0.05, 0.1) is 37.8 Å². The number of nitrogens with one attached hydrogen (secondary N) is 3. The molecule has 11 heteroatoms. The zero-order valence-corrected chi connectivity index (χ0v) is 17.2. The van der Waals surface area contributed by atoms with E-state index in [9.17, 15) is 9.90 Å². The number of carbonyl (C=O) groups excluding carboxylic acids is 1. The van der Waals surface area contributed by atoms with Gasteiger partial charge >= 0.3 is 0 Å². The first-order chi connectivity index (χ1) is 14.5. The van der Waals surface area contributed by atoms with Crippen molar-refractivity contribution in [2.24, 2.45) is 0 Å². The fraction of sp³-hybridized carbons (Fsp3) is 0.263. The van der Waals surface area contributed by atoms with E-state index in [1.54, 1.807) is 26.6 Å². The maximum Gasteiger partial charge on any atom is 0.241 e. The van der Waals surface area contributed by atoms with E-state index in [2.05, 4.69) is 31.0 Å². The normalized spacial score (nSPS) is 11.6. The lowest BCUT2D eigenvalue weighted by Gasteiger charge is -2.19. The van der Waals surface area contributed by atoms with Crippen molar-refractivity contribution in [2.75, 3.05) is 31.4 Å². The summed E-state index contributed by atoms with van der Waals surface area (Å²) in [5, 5.41) is 22.9. The Morgan fingerprint density at radius 1 is 1.37 bits per heavy atom. The van der Waals surface area contributed by atoms with Crippen molar-refractivity contribution in [1.82, 2.24) is 25.1 Å². The molecule has 0 spiro atoms. The third-order valence-corrected chi connectivity index (χ3v) is 4.48. The molecule has 1 amide bonds. The fourth-order valence-electron chi connectivity index (χ4n) is 2.66. The monoisotopic (exact) mass is 431 g/mol. The standard InChI is InChI=1S/C19H22ClN7O3/c1-21-17(29)10-27-9-13(7-23-27)24-19-22-8-15(20)18(26-19)25-16(11-28)12-4-3-5-14(6-12)30-2/h3-9,16,28H,10-11H2,1-2H3,(H,21,29)(H2,22,24,25,26)/t16-/m1/s1. The Morgan fingerprint density at radius 2 is 2.20 bits per heavy atom. The predicted molar refractivity (Wildman–Crippen MR) is 113 cm³/mol. The Labute approximate surface area is 178 Å². The number of nitrogens with zero attached hydrogens (tertiary/aromatic N) is 4. The SMILES string of the molecule is CNC(=O)Cn1cc(Nc2ncc(Cl)c(N[C@H](CO)c3cccc(OC)c3)n2)cn1. The number of carbonyl (C=O) groups is 1. The molecule has 4 N–H and O–H groups in total. The molecule has 0 saturated carbocycles. The smallest absolute Gasteiger partial charge is 0.241 e. The van der Waals surface area contributed by atoms with E-state index >= 15 is 0 Å². The van der Waals surface area contributed by atoms with Crippen molar-refractivity contribution >= 4 is 35.0 Å². The van der Waals surface area contributed by atoms with E-state index in [-0.39, 0.29) is 25.0 Å². The summed E-state index contributed by atoms with van der Waals surface area (Å²) >= 11 is 6.24. The van der Waals surface area contributed by atoms with Crippen LogP contribution in [0.1, 0.15) is 11.6 Å². The van der Waals surface area contributed by atoms with Crippen LogP contribution in [0.25, 0.3) is 0 Å². The van der Waals surface area contributed by atoms with Crippen molar-refractivity contribution in [3.63, 3.8) is 0 Å². The van der Waals surface area contributed by atoms with Crippen molar-refractivity contribution in [1.29, 1.82) is 0 Å². The summed E-state index contributed by atoms with van der Waals surface area (Å²) in [5.41, 5.74) is 1.43. The maximum atomic E-state index is 11.5. The lowest BCUT2D eigenvalue weighted by atomic mass is 10.1. The first-order valence-electron chi connectivity index (χ1n) is 9.06. The first-order valence-corrected chi connectivity index (χ1v) is 9.44. The van der Waals surface area contributed by atoms with Crippen molar-refractivity contribution in [3.05, 3.63) is 53.4 Å². The number of aliphatic hydroxyl groups excluding tert-OH is 1. The third-order valence-electron chi connectivity index (χ3n) is 4.21. The van der Waals surface area contributed by atoms with Crippen LogP contribution in [-0.4, -0.2) is 51.5 Å². The van der Waals surface area contributed by atoms with E-state index in [0.29, 0.717) is 22.3 Å². The number of aliphatic hydroxyl groups is 1. The second kappa shape index (κ2) is 9.90. The topological polar surface area (TPSA) is 126 Å². The van der Waals surface area contributed by atoms with E-state index < -0.39 is 6.04 Å². The van der Waals surface area contributed by atoms with Gasteiger partial charge in [-0.1, -0.05) is 23.7 Å². The summed E-state index contributed by atoms with van der Waals surface area (Å²) in [6.45, 7) is -0.0757. The van der Waals surface area contributed by atoms with Gasteiger partial charge < -0.3 is 25.8 Å². The molecule has 0 radical (unpaired) electrons. The number of hydrogen-bond acceptors (Lipinski definition) is 8. The molecule has 0 bridgehead atoms. The average molecular weight is 432 g/mol. The van der Waals surface area contributed by atoms with Crippen molar-refractivity contribution < 1.29 is 14.6 Å². The zero-order valence-electron chi connectivity index (χ0n) is 16.5. The molecule has 0 aliphatic rings. The summed E-state index contributed by atoms with van der Waals surface area (Å²) < 4.78 is 6.72. The molecule has 0 unspecified atom stereocenters. The van der Waals surface area contributed by atoms with E-state index in [4.69, 9.17) is 16.3 Å². The number of methoxy groups -OCH3 is 1. The predicted octanol–water partition coefficient (Wildman–Crippen LogP) is 1.97. The fourth-order valence-corrected chi connectivity index (χ4v) is 2.80. The Morgan fingerprint density at radius 3 is 2.93 bits per heavy atom. The maximum absolute atomic E-state index is 11.5. The number of aromatic nitrogens is 4. The minimum Gasteiger partial charge on any atom is -0.497 e. The highest BCUT2D eigenvalue weighted by atomic mass is 35.5. The molecule has 0 aliphatic heterocycles. The lowest BCUT2D eigenvalue weighted by molar-refractivity contribution is -0.121. The van der Waals surface area contributed by atoms with Gasteiger partial charge in [-0.3, -0.25) is 9.48 Å². The number of benzene rings is 1. The van der Waals surface area contributed by atoms with E-state index in [1.165, 1.54) is 10.9 Å². The molecule has 1 aromatic carbocycles. The first kappa shape index (κ1) is 21.3. The molecular formula is C19H22ClN7O3. The van der Waals surface area contributed by atoms with Crippen LogP contribution in [0.3, 0.4) is 0 Å². The zero-order chi connectivity index (χ0) is 21.5. The van der Waals surface area contributed by atoms with Gasteiger partial charge in [0, 0.05) is 13.2 Å². The number of ether oxygens (including phenoxy) is 1. The summed E-state index contributed by atoms with van der Waals surface area (Å²) in [4.78, 5) is 20.0. The Balaban J connectivity index is 1.75. The van der Waals surface area contributed by atoms with Crippen LogP contribution >= 0.6 is 11.6 Å². The second-order valence-corrected chi connectivity index (χ2v) is 6.68. The van der Waals surface area contributed by atoms with Gasteiger partial charge in [-0.25, -0.2) is 4.98 Å². The molecule has 3 aromatic rings. The molecular weight excluding hydrogens is 410 g/mol. The van der Waals surface area contributed by atoms with Crippen LogP contribution in [0.15, 0.2) is 42.9 Å². The molecule has 0 saturated heterocycles. The number of rotatable bonds is 9. The minimum absolute atomic E-state index is 0.102. The van der Waals surface area contributed by atoms with Crippen LogP contribution in [0, 0.1) is 0 Å². The van der Waals surface area contributed by atoms with Crippen LogP contribution in [0.5, 0.6) is 5.75 Å². The molecule has 0 fully saturated rings. The lowest BCUT2D eigenvalue weighted by Crippen LogP contribution is -2.23. The molecule has 1 atom stereocenters. The number of hydrogen-bond donors (Lipinski definition) is 4. The summed E-state index contributed by atoms with van der Waals surface area (Å²) in [5.74, 6) is 1.15. The van der Waals surface area contributed by atoms with Crippen LogP contribution < -0.4 is 20.7 Å². The highest BCUT2D eigenvalue weighted by Crippen LogP contribution is 2.27. The third kappa shape index (κ3) is 5.37. The minimum atomic E-state index is -0.448. The van der Waals surface area contributed by atoms with Gasteiger partial charge in [-0.05, 0) is 17.7 Å². The number of halogens is 1. The van der Waals surface area contributed by atoms with Crippen LogP contribution in [-0.2, 0) is 11.3 Å². The summed E-state index contributed by atoms with van der Waals surface area (Å²) in [6, 6.07) is 6.90. The second-order valence-electron chi connectivity index (χ2n) is 6.27. The van der Waals surface area contributed by atoms with Crippen LogP contribution in [0.2, 0.25) is 5.02 Å². The molecule has 0 aliphatic carbocycles. The van der Waals surface area contributed by atoms with E-state index in [0.717, 1.165) is 5.56 Å². The number of anilines is 3. The van der Waals surface area contributed by atoms with Gasteiger partial charge in [0.1, 0.15) is 17.3 Å². The van der Waals surface area contributed by atoms with Crippen LogP contribution in [0.4, 0.5) is 17.5 Å². The number of amides is 1. The van der Waals surface area contributed by atoms with Crippen molar-refractivity contribution in [2.45, 2.75) is 12.6 Å².